The van der Waals surface area contributed by atoms with Crippen molar-refractivity contribution in [2.24, 2.45) is 0 Å². The quantitative estimate of drug-likeness (QED) is 0.473. The van der Waals surface area contributed by atoms with Gasteiger partial charge in [0.25, 0.3) is 0 Å². The first kappa shape index (κ1) is 14.3. The average Bonchev–Trinajstić information content (AvgIpc) is 2.42. The number of carbonyl (C=O) groups excluding carboxylic acids is 1. The van der Waals surface area contributed by atoms with Gasteiger partial charge in [-0.25, -0.2) is 0 Å². The van der Waals surface area contributed by atoms with Gasteiger partial charge in [-0.15, -0.1) is 0 Å². The molecule has 0 N–H and O–H groups in total. The smallest absolute Gasteiger partial charge is 0.313 e. The Bertz CT molecular complexity index is 688. The van der Waals surface area contributed by atoms with Gasteiger partial charge in [-0.1, -0.05) is 23.2 Å². The number of ether oxygens (including phenoxy) is 1. The van der Waals surface area contributed by atoms with Crippen molar-refractivity contribution in [1.82, 2.24) is 0 Å². The third-order valence-electron chi connectivity index (χ3n) is 2.44. The summed E-state index contributed by atoms with van der Waals surface area (Å²) in [4.78, 5) is 21.3. The predicted octanol–water partition coefficient (Wildman–Crippen LogP) is 4.51. The lowest BCUT2D eigenvalue weighted by Crippen LogP contribution is -1.95. The van der Waals surface area contributed by atoms with Crippen molar-refractivity contribution < 1.29 is 14.5 Å². The van der Waals surface area contributed by atoms with Crippen molar-refractivity contribution in [3.63, 3.8) is 0 Å². The molecule has 2 aromatic rings. The van der Waals surface area contributed by atoms with Crippen LogP contribution in [0.2, 0.25) is 10.0 Å². The maximum Gasteiger partial charge on any atom is 0.313 e. The Morgan fingerprint density at radius 3 is 2.25 bits per heavy atom. The van der Waals surface area contributed by atoms with Gasteiger partial charge in [-0.2, -0.15) is 0 Å². The van der Waals surface area contributed by atoms with Gasteiger partial charge in [0.2, 0.25) is 5.75 Å². The van der Waals surface area contributed by atoms with Crippen molar-refractivity contribution in [3.05, 3.63) is 62.1 Å². The number of halogens is 2. The van der Waals surface area contributed by atoms with E-state index in [1.165, 1.54) is 36.4 Å². The highest BCUT2D eigenvalue weighted by molar-refractivity contribution is 6.31. The van der Waals surface area contributed by atoms with Gasteiger partial charge >= 0.3 is 5.69 Å². The van der Waals surface area contributed by atoms with Gasteiger partial charge < -0.3 is 4.74 Å². The van der Waals surface area contributed by atoms with Gasteiger partial charge in [-0.05, 0) is 30.3 Å². The minimum atomic E-state index is -0.613. The van der Waals surface area contributed by atoms with Crippen LogP contribution in [-0.2, 0) is 0 Å². The summed E-state index contributed by atoms with van der Waals surface area (Å²) in [5.74, 6) is 0.166. The van der Waals surface area contributed by atoms with E-state index in [1.807, 2.05) is 0 Å². The highest BCUT2D eigenvalue weighted by Crippen LogP contribution is 2.35. The van der Waals surface area contributed by atoms with Crippen LogP contribution in [0, 0.1) is 10.1 Å². The number of nitro benzene ring substituents is 1. The van der Waals surface area contributed by atoms with Crippen molar-refractivity contribution in [1.29, 1.82) is 0 Å². The molecule has 5 nitrogen and oxygen atoms in total. The van der Waals surface area contributed by atoms with E-state index in [0.717, 1.165) is 0 Å². The molecule has 0 spiro atoms. The second-order valence-corrected chi connectivity index (χ2v) is 4.64. The molecule has 0 amide bonds. The molecule has 0 aromatic heterocycles. The second kappa shape index (κ2) is 5.90. The van der Waals surface area contributed by atoms with Crippen LogP contribution in [0.4, 0.5) is 5.69 Å². The monoisotopic (exact) mass is 311 g/mol. The first-order valence-electron chi connectivity index (χ1n) is 5.38. The number of aldehydes is 1. The zero-order valence-corrected chi connectivity index (χ0v) is 11.4. The number of benzene rings is 2. The lowest BCUT2D eigenvalue weighted by Gasteiger charge is -2.08. The molecule has 0 aliphatic rings. The molecule has 2 rings (SSSR count). The molecule has 7 heteroatoms. The number of nitrogens with zero attached hydrogens (tertiary/aromatic N) is 1. The molecule has 0 bridgehead atoms. The van der Waals surface area contributed by atoms with Crippen LogP contribution < -0.4 is 4.74 Å². The lowest BCUT2D eigenvalue weighted by molar-refractivity contribution is -0.385. The molecule has 0 radical (unpaired) electrons. The number of hydrogen-bond acceptors (Lipinski definition) is 4. The van der Waals surface area contributed by atoms with Gasteiger partial charge in [0.15, 0.2) is 6.29 Å². The molecule has 2 aromatic carbocycles. The zero-order valence-electron chi connectivity index (χ0n) is 9.88. The number of rotatable bonds is 4. The summed E-state index contributed by atoms with van der Waals surface area (Å²) in [6, 6.07) is 8.39. The molecule has 0 aliphatic carbocycles. The first-order valence-corrected chi connectivity index (χ1v) is 6.13. The van der Waals surface area contributed by atoms with E-state index >= 15 is 0 Å². The van der Waals surface area contributed by atoms with Crippen LogP contribution in [0.1, 0.15) is 10.4 Å². The fourth-order valence-electron chi connectivity index (χ4n) is 1.54. The predicted molar refractivity (Wildman–Crippen MR) is 75.0 cm³/mol. The number of carbonyl (C=O) groups is 1. The molecule has 0 saturated heterocycles. The Morgan fingerprint density at radius 2 is 1.65 bits per heavy atom. The van der Waals surface area contributed by atoms with Crippen molar-refractivity contribution in [2.45, 2.75) is 0 Å². The van der Waals surface area contributed by atoms with Gasteiger partial charge in [0.1, 0.15) is 5.75 Å². The highest BCUT2D eigenvalue weighted by Gasteiger charge is 2.17. The van der Waals surface area contributed by atoms with Crippen LogP contribution in [-0.4, -0.2) is 11.2 Å². The van der Waals surface area contributed by atoms with Crippen LogP contribution in [0.3, 0.4) is 0 Å². The van der Waals surface area contributed by atoms with Crippen LogP contribution in [0.25, 0.3) is 0 Å². The van der Waals surface area contributed by atoms with Crippen LogP contribution in [0.5, 0.6) is 11.5 Å². The third kappa shape index (κ3) is 3.07. The Balaban J connectivity index is 2.45. The second-order valence-electron chi connectivity index (χ2n) is 3.77. The Hall–Kier alpha value is -2.11. The molecule has 0 heterocycles. The summed E-state index contributed by atoms with van der Waals surface area (Å²) < 4.78 is 5.41. The molecule has 102 valence electrons. The van der Waals surface area contributed by atoms with E-state index in [1.54, 1.807) is 0 Å². The Morgan fingerprint density at radius 1 is 1.05 bits per heavy atom. The minimum absolute atomic E-state index is 0.00942. The van der Waals surface area contributed by atoms with Crippen LogP contribution in [0.15, 0.2) is 36.4 Å². The Labute approximate surface area is 123 Å². The summed E-state index contributed by atoms with van der Waals surface area (Å²) in [6.07, 6.45) is 0.558. The number of nitro groups is 1. The summed E-state index contributed by atoms with van der Waals surface area (Å²) >= 11 is 11.5. The molecule has 0 atom stereocenters. The van der Waals surface area contributed by atoms with E-state index in [9.17, 15) is 14.9 Å². The molecule has 0 saturated carbocycles. The molecular weight excluding hydrogens is 305 g/mol. The third-order valence-corrected chi connectivity index (χ3v) is 2.91. The topological polar surface area (TPSA) is 69.4 Å². The molecular formula is C13H7Cl2NO4. The van der Waals surface area contributed by atoms with Gasteiger partial charge in [0, 0.05) is 16.1 Å². The molecule has 20 heavy (non-hydrogen) atoms. The summed E-state index contributed by atoms with van der Waals surface area (Å²) in [5.41, 5.74) is -0.0916. The standard InChI is InChI=1S/C13H7Cl2NO4/c14-9-1-3-12(8(5-9)7-17)20-13-4-2-10(15)6-11(13)16(18)19/h1-7H. The van der Waals surface area contributed by atoms with Crippen molar-refractivity contribution in [3.8, 4) is 11.5 Å². The van der Waals surface area contributed by atoms with E-state index in [4.69, 9.17) is 27.9 Å². The van der Waals surface area contributed by atoms with E-state index in [2.05, 4.69) is 0 Å². The largest absolute Gasteiger partial charge is 0.449 e. The SMILES string of the molecule is O=Cc1cc(Cl)ccc1Oc1ccc(Cl)cc1[N+](=O)[O-]. The maximum atomic E-state index is 10.9. The minimum Gasteiger partial charge on any atom is -0.449 e. The normalized spacial score (nSPS) is 10.1. The summed E-state index contributed by atoms with van der Waals surface area (Å²) in [5, 5.41) is 11.5. The van der Waals surface area contributed by atoms with Crippen LogP contribution >= 0.6 is 23.2 Å². The van der Waals surface area contributed by atoms with Gasteiger partial charge in [-0.3, -0.25) is 14.9 Å². The summed E-state index contributed by atoms with van der Waals surface area (Å²) in [6.45, 7) is 0. The highest BCUT2D eigenvalue weighted by atomic mass is 35.5. The fraction of sp³-hybridized carbons (Fsp3) is 0. The average molecular weight is 312 g/mol. The fourth-order valence-corrected chi connectivity index (χ4v) is 1.89. The van der Waals surface area contributed by atoms with Gasteiger partial charge in [0.05, 0.1) is 10.5 Å². The molecule has 0 aliphatic heterocycles. The van der Waals surface area contributed by atoms with E-state index in [0.29, 0.717) is 11.3 Å². The maximum absolute atomic E-state index is 10.9. The zero-order chi connectivity index (χ0) is 14.7. The Kier molecular flexibility index (Phi) is 4.22. The first-order chi connectivity index (χ1) is 9.51. The van der Waals surface area contributed by atoms with Crippen molar-refractivity contribution >= 4 is 35.2 Å². The lowest BCUT2D eigenvalue weighted by atomic mass is 10.2. The summed E-state index contributed by atoms with van der Waals surface area (Å²) in [7, 11) is 0. The number of hydrogen-bond donors (Lipinski definition) is 0. The van der Waals surface area contributed by atoms with E-state index in [-0.39, 0.29) is 27.8 Å². The van der Waals surface area contributed by atoms with E-state index < -0.39 is 4.92 Å². The molecule has 0 unspecified atom stereocenters. The molecule has 0 fully saturated rings. The van der Waals surface area contributed by atoms with Crippen molar-refractivity contribution in [2.75, 3.05) is 0 Å².